The molecular formula is C24H25NO9. The predicted octanol–water partition coefficient (Wildman–Crippen LogP) is 0.338. The molecule has 0 bridgehead atoms. The van der Waals surface area contributed by atoms with Crippen molar-refractivity contribution in [2.75, 3.05) is 18.5 Å². The number of amides is 1. The Morgan fingerprint density at radius 1 is 1.03 bits per heavy atom. The summed E-state index contributed by atoms with van der Waals surface area (Å²) in [6.07, 6.45) is -5.54. The molecule has 2 aliphatic heterocycles. The molecule has 0 spiro atoms. The fraction of sp³-hybridized carbons (Fsp3) is 0.333. The van der Waals surface area contributed by atoms with Crippen molar-refractivity contribution in [3.8, 4) is 5.75 Å². The van der Waals surface area contributed by atoms with Gasteiger partial charge in [-0.1, -0.05) is 30.3 Å². The van der Waals surface area contributed by atoms with E-state index in [-0.39, 0.29) is 17.9 Å². The van der Waals surface area contributed by atoms with Crippen LogP contribution in [0.2, 0.25) is 0 Å². The molecule has 10 nitrogen and oxygen atoms in total. The third-order valence-electron chi connectivity index (χ3n) is 5.64. The van der Waals surface area contributed by atoms with E-state index in [1.54, 1.807) is 36.4 Å². The SMILES string of the molecule is O=C(/C=C1/C(=O)Nc2ccccc21)OC[C@H]1O[C@@H](OCCc2ccc(O)cc2)[C@H](O)[C@@H](O)[C@@H]1O. The second-order valence-corrected chi connectivity index (χ2v) is 7.99. The number of carbonyl (C=O) groups is 2. The van der Waals surface area contributed by atoms with Gasteiger partial charge in [-0.15, -0.1) is 0 Å². The van der Waals surface area contributed by atoms with E-state index in [0.29, 0.717) is 17.7 Å². The quantitative estimate of drug-likeness (QED) is 0.284. The van der Waals surface area contributed by atoms with Crippen molar-refractivity contribution >= 4 is 23.1 Å². The first kappa shape index (κ1) is 23.9. The zero-order valence-electron chi connectivity index (χ0n) is 18.0. The summed E-state index contributed by atoms with van der Waals surface area (Å²) < 4.78 is 16.2. The molecular weight excluding hydrogens is 446 g/mol. The first-order valence-electron chi connectivity index (χ1n) is 10.7. The number of ether oxygens (including phenoxy) is 3. The highest BCUT2D eigenvalue weighted by atomic mass is 16.7. The summed E-state index contributed by atoms with van der Waals surface area (Å²) in [5, 5.41) is 42.6. The van der Waals surface area contributed by atoms with Crippen LogP contribution < -0.4 is 5.32 Å². The minimum Gasteiger partial charge on any atom is -0.508 e. The van der Waals surface area contributed by atoms with Crippen molar-refractivity contribution in [1.29, 1.82) is 0 Å². The van der Waals surface area contributed by atoms with Crippen LogP contribution in [-0.4, -0.2) is 76.2 Å². The van der Waals surface area contributed by atoms with Crippen molar-refractivity contribution < 1.29 is 44.2 Å². The molecule has 0 radical (unpaired) electrons. The second-order valence-electron chi connectivity index (χ2n) is 7.99. The number of esters is 1. The molecule has 5 atom stereocenters. The van der Waals surface area contributed by atoms with Gasteiger partial charge in [-0.05, 0) is 30.2 Å². The van der Waals surface area contributed by atoms with Gasteiger partial charge in [0.15, 0.2) is 6.29 Å². The Bertz CT molecular complexity index is 1070. The number of phenols is 1. The fourth-order valence-corrected chi connectivity index (χ4v) is 3.75. The number of anilines is 1. The summed E-state index contributed by atoms with van der Waals surface area (Å²) in [5.41, 5.74) is 2.18. The lowest BCUT2D eigenvalue weighted by atomic mass is 9.99. The highest BCUT2D eigenvalue weighted by Crippen LogP contribution is 2.31. The van der Waals surface area contributed by atoms with Crippen LogP contribution in [0.15, 0.2) is 54.6 Å². The Labute approximate surface area is 195 Å². The summed E-state index contributed by atoms with van der Waals surface area (Å²) in [5.74, 6) is -1.13. The molecule has 4 rings (SSSR count). The number of rotatable bonds is 7. The van der Waals surface area contributed by atoms with Crippen LogP contribution in [-0.2, 0) is 30.2 Å². The van der Waals surface area contributed by atoms with Crippen molar-refractivity contribution in [3.63, 3.8) is 0 Å². The van der Waals surface area contributed by atoms with Crippen LogP contribution in [0.1, 0.15) is 11.1 Å². The Hall–Kier alpha value is -3.28. The molecule has 10 heteroatoms. The minimum absolute atomic E-state index is 0.127. The van der Waals surface area contributed by atoms with Gasteiger partial charge in [0.25, 0.3) is 5.91 Å². The number of phenolic OH excluding ortho intramolecular Hbond substituents is 1. The highest BCUT2D eigenvalue weighted by Gasteiger charge is 2.44. The zero-order valence-corrected chi connectivity index (χ0v) is 18.0. The van der Waals surface area contributed by atoms with E-state index in [0.717, 1.165) is 11.6 Å². The first-order chi connectivity index (χ1) is 16.3. The van der Waals surface area contributed by atoms with Crippen LogP contribution in [0.3, 0.4) is 0 Å². The molecule has 5 N–H and O–H groups in total. The maximum atomic E-state index is 12.3. The molecule has 1 saturated heterocycles. The Balaban J connectivity index is 1.33. The number of aliphatic hydroxyl groups is 3. The van der Waals surface area contributed by atoms with E-state index >= 15 is 0 Å². The monoisotopic (exact) mass is 471 g/mol. The first-order valence-corrected chi connectivity index (χ1v) is 10.7. The molecule has 2 heterocycles. The molecule has 0 saturated carbocycles. The van der Waals surface area contributed by atoms with Gasteiger partial charge in [-0.3, -0.25) is 4.79 Å². The van der Waals surface area contributed by atoms with Crippen molar-refractivity contribution in [1.82, 2.24) is 0 Å². The third-order valence-corrected chi connectivity index (χ3v) is 5.64. The molecule has 1 fully saturated rings. The number of fused-ring (bicyclic) bond motifs is 1. The lowest BCUT2D eigenvalue weighted by Gasteiger charge is -2.39. The molecule has 2 aromatic rings. The minimum atomic E-state index is -1.58. The van der Waals surface area contributed by atoms with E-state index in [9.17, 15) is 30.0 Å². The Morgan fingerprint density at radius 2 is 1.76 bits per heavy atom. The average molecular weight is 471 g/mol. The Kier molecular flexibility index (Phi) is 7.25. The molecule has 2 aromatic carbocycles. The van der Waals surface area contributed by atoms with Crippen LogP contribution in [0.4, 0.5) is 5.69 Å². The van der Waals surface area contributed by atoms with Crippen molar-refractivity contribution in [2.24, 2.45) is 0 Å². The summed E-state index contributed by atoms with van der Waals surface area (Å²) >= 11 is 0. The molecule has 34 heavy (non-hydrogen) atoms. The molecule has 1 amide bonds. The van der Waals surface area contributed by atoms with Gasteiger partial charge < -0.3 is 40.0 Å². The van der Waals surface area contributed by atoms with Gasteiger partial charge in [-0.2, -0.15) is 0 Å². The molecule has 0 aliphatic carbocycles. The van der Waals surface area contributed by atoms with Crippen LogP contribution in [0.25, 0.3) is 5.57 Å². The van der Waals surface area contributed by atoms with Crippen molar-refractivity contribution in [3.05, 3.63) is 65.7 Å². The maximum Gasteiger partial charge on any atom is 0.331 e. The number of hydrogen-bond donors (Lipinski definition) is 5. The average Bonchev–Trinajstić information content (AvgIpc) is 3.14. The van der Waals surface area contributed by atoms with Gasteiger partial charge >= 0.3 is 5.97 Å². The smallest absolute Gasteiger partial charge is 0.331 e. The van der Waals surface area contributed by atoms with Crippen LogP contribution in [0, 0.1) is 0 Å². The van der Waals surface area contributed by atoms with Gasteiger partial charge in [0.05, 0.1) is 12.2 Å². The highest BCUT2D eigenvalue weighted by molar-refractivity contribution is 6.33. The number of benzene rings is 2. The largest absolute Gasteiger partial charge is 0.508 e. The molecule has 180 valence electrons. The van der Waals surface area contributed by atoms with Crippen molar-refractivity contribution in [2.45, 2.75) is 37.1 Å². The third kappa shape index (κ3) is 5.27. The van der Waals surface area contributed by atoms with Gasteiger partial charge in [-0.25, -0.2) is 4.79 Å². The van der Waals surface area contributed by atoms with Gasteiger partial charge in [0.1, 0.15) is 36.8 Å². The van der Waals surface area contributed by atoms with Gasteiger partial charge in [0.2, 0.25) is 0 Å². The normalized spacial score (nSPS) is 27.3. The standard InChI is InChI=1S/C24H25NO9/c26-14-7-5-13(6-8-14)9-10-32-24-22(30)21(29)20(28)18(34-24)12-33-19(27)11-16-15-3-1-2-4-17(15)25-23(16)31/h1-8,11,18,20-22,24,26,28-30H,9-10,12H2,(H,25,31)/b16-11+/t18-,20-,21+,22-,24-/m1/s1. The number of aromatic hydroxyl groups is 1. The lowest BCUT2D eigenvalue weighted by Crippen LogP contribution is -2.59. The summed E-state index contributed by atoms with van der Waals surface area (Å²) in [4.78, 5) is 24.4. The van der Waals surface area contributed by atoms with Crippen LogP contribution in [0.5, 0.6) is 5.75 Å². The molecule has 0 aromatic heterocycles. The van der Waals surface area contributed by atoms with E-state index in [2.05, 4.69) is 5.32 Å². The van der Waals surface area contributed by atoms with E-state index in [1.165, 1.54) is 12.1 Å². The second kappa shape index (κ2) is 10.3. The lowest BCUT2D eigenvalue weighted by molar-refractivity contribution is -0.301. The van der Waals surface area contributed by atoms with Gasteiger partial charge in [0, 0.05) is 17.3 Å². The summed E-state index contributed by atoms with van der Waals surface area (Å²) in [7, 11) is 0. The number of nitrogens with one attached hydrogen (secondary N) is 1. The predicted molar refractivity (Wildman–Crippen MR) is 118 cm³/mol. The zero-order chi connectivity index (χ0) is 24.2. The number of hydrogen-bond acceptors (Lipinski definition) is 9. The van der Waals surface area contributed by atoms with E-state index in [1.807, 2.05) is 0 Å². The topological polar surface area (TPSA) is 155 Å². The summed E-state index contributed by atoms with van der Waals surface area (Å²) in [6, 6.07) is 13.4. The molecule has 0 unspecified atom stereocenters. The maximum absolute atomic E-state index is 12.3. The van der Waals surface area contributed by atoms with E-state index in [4.69, 9.17) is 14.2 Å². The summed E-state index contributed by atoms with van der Waals surface area (Å²) in [6.45, 7) is -0.308. The fourth-order valence-electron chi connectivity index (χ4n) is 3.75. The molecule has 2 aliphatic rings. The Morgan fingerprint density at radius 3 is 2.53 bits per heavy atom. The van der Waals surface area contributed by atoms with Crippen LogP contribution >= 0.6 is 0 Å². The van der Waals surface area contributed by atoms with E-state index < -0.39 is 49.2 Å². The number of para-hydroxylation sites is 1. The number of carbonyl (C=O) groups excluding carboxylic acids is 2. The number of aliphatic hydroxyl groups excluding tert-OH is 3.